The van der Waals surface area contributed by atoms with Crippen LogP contribution in [0.2, 0.25) is 0 Å². The number of carbonyl (C=O) groups is 2. The van der Waals surface area contributed by atoms with Gasteiger partial charge < -0.3 is 10.0 Å². The lowest BCUT2D eigenvalue weighted by molar-refractivity contribution is -0.139. The first kappa shape index (κ1) is 13.0. The van der Waals surface area contributed by atoms with Crippen LogP contribution < -0.4 is 0 Å². The van der Waals surface area contributed by atoms with E-state index in [0.29, 0.717) is 6.54 Å². The Morgan fingerprint density at radius 2 is 1.94 bits per heavy atom. The Balaban J connectivity index is 2.57. The first-order chi connectivity index (χ1) is 7.25. The van der Waals surface area contributed by atoms with E-state index in [9.17, 15) is 9.59 Å². The van der Waals surface area contributed by atoms with Crippen molar-refractivity contribution in [3.63, 3.8) is 0 Å². The zero-order valence-electron chi connectivity index (χ0n) is 10.5. The van der Waals surface area contributed by atoms with E-state index in [0.717, 1.165) is 6.42 Å². The molecule has 1 unspecified atom stereocenters. The van der Waals surface area contributed by atoms with E-state index in [2.05, 4.69) is 13.8 Å². The third-order valence-corrected chi connectivity index (χ3v) is 3.28. The van der Waals surface area contributed by atoms with E-state index in [1.54, 1.807) is 4.90 Å². The zero-order chi connectivity index (χ0) is 12.5. The minimum Gasteiger partial charge on any atom is -0.481 e. The largest absolute Gasteiger partial charge is 0.481 e. The van der Waals surface area contributed by atoms with Crippen LogP contribution in [0.15, 0.2) is 0 Å². The minimum absolute atomic E-state index is 0.0249. The van der Waals surface area contributed by atoms with Crippen molar-refractivity contribution in [3.05, 3.63) is 0 Å². The van der Waals surface area contributed by atoms with Crippen LogP contribution in [0.5, 0.6) is 0 Å². The van der Waals surface area contributed by atoms with Crippen molar-refractivity contribution in [3.8, 4) is 0 Å². The molecule has 0 aromatic carbocycles. The number of hydrogen-bond donors (Lipinski definition) is 1. The molecular formula is C12H21NO3. The Morgan fingerprint density at radius 3 is 2.25 bits per heavy atom. The molecule has 0 saturated heterocycles. The van der Waals surface area contributed by atoms with Crippen molar-refractivity contribution in [2.24, 2.45) is 11.3 Å². The van der Waals surface area contributed by atoms with Crippen molar-refractivity contribution in [2.45, 2.75) is 46.6 Å². The van der Waals surface area contributed by atoms with Crippen LogP contribution in [-0.2, 0) is 9.59 Å². The summed E-state index contributed by atoms with van der Waals surface area (Å²) >= 11 is 0. The van der Waals surface area contributed by atoms with E-state index in [4.69, 9.17) is 5.11 Å². The highest BCUT2D eigenvalue weighted by atomic mass is 16.4. The fourth-order valence-corrected chi connectivity index (χ4v) is 1.93. The second-order valence-electron chi connectivity index (χ2n) is 5.51. The van der Waals surface area contributed by atoms with Crippen molar-refractivity contribution >= 4 is 11.9 Å². The number of carbonyl (C=O) groups excluding carboxylic acids is 1. The molecule has 4 heteroatoms. The number of hydrogen-bond acceptors (Lipinski definition) is 2. The van der Waals surface area contributed by atoms with E-state index in [1.807, 2.05) is 13.8 Å². The van der Waals surface area contributed by atoms with Gasteiger partial charge in [-0.1, -0.05) is 13.8 Å². The maximum absolute atomic E-state index is 12.1. The predicted octanol–water partition coefficient (Wildman–Crippen LogP) is 1.74. The molecule has 0 aromatic rings. The molecule has 0 aliphatic heterocycles. The second-order valence-corrected chi connectivity index (χ2v) is 5.51. The van der Waals surface area contributed by atoms with Gasteiger partial charge in [-0.15, -0.1) is 0 Å². The van der Waals surface area contributed by atoms with Gasteiger partial charge in [0.2, 0.25) is 5.91 Å². The normalized spacial score (nSPS) is 21.9. The van der Waals surface area contributed by atoms with Gasteiger partial charge in [0.1, 0.15) is 0 Å². The molecule has 1 N–H and O–H groups in total. The lowest BCUT2D eigenvalue weighted by Gasteiger charge is -2.27. The maximum atomic E-state index is 12.1. The van der Waals surface area contributed by atoms with Crippen LogP contribution in [0.3, 0.4) is 0 Å². The summed E-state index contributed by atoms with van der Waals surface area (Å²) in [5.74, 6) is -0.654. The molecule has 0 bridgehead atoms. The van der Waals surface area contributed by atoms with Gasteiger partial charge in [0.15, 0.2) is 0 Å². The number of amides is 1. The molecule has 1 atom stereocenters. The molecule has 1 rings (SSSR count). The number of aliphatic carboxylic acids is 1. The highest BCUT2D eigenvalue weighted by molar-refractivity contribution is 5.83. The average Bonchev–Trinajstić information content (AvgIpc) is 2.74. The Morgan fingerprint density at radius 1 is 1.44 bits per heavy atom. The number of carboxylic acids is 1. The second kappa shape index (κ2) is 4.44. The van der Waals surface area contributed by atoms with Gasteiger partial charge in [-0.3, -0.25) is 9.59 Å². The first-order valence-electron chi connectivity index (χ1n) is 5.78. The average molecular weight is 227 g/mol. The first-order valence-corrected chi connectivity index (χ1v) is 5.78. The van der Waals surface area contributed by atoms with E-state index in [1.165, 1.54) is 0 Å². The molecule has 1 fully saturated rings. The van der Waals surface area contributed by atoms with Gasteiger partial charge in [-0.2, -0.15) is 0 Å². The van der Waals surface area contributed by atoms with Gasteiger partial charge in [0, 0.05) is 18.5 Å². The number of carboxylic acid groups (broad SMARTS) is 1. The van der Waals surface area contributed by atoms with Crippen LogP contribution in [-0.4, -0.2) is 34.5 Å². The molecule has 1 aliphatic carbocycles. The number of nitrogens with zero attached hydrogens (tertiary/aromatic N) is 1. The van der Waals surface area contributed by atoms with Crippen molar-refractivity contribution in [1.82, 2.24) is 4.90 Å². The smallest absolute Gasteiger partial charge is 0.305 e. The van der Waals surface area contributed by atoms with Crippen molar-refractivity contribution in [2.75, 3.05) is 6.54 Å². The molecule has 0 radical (unpaired) electrons. The molecule has 1 saturated carbocycles. The Bertz CT molecular complexity index is 297. The van der Waals surface area contributed by atoms with Crippen LogP contribution in [0.1, 0.15) is 40.5 Å². The molecule has 0 aromatic heterocycles. The highest BCUT2D eigenvalue weighted by Crippen LogP contribution is 2.52. The molecule has 4 nitrogen and oxygen atoms in total. The molecule has 16 heavy (non-hydrogen) atoms. The monoisotopic (exact) mass is 227 g/mol. The number of rotatable bonds is 5. The summed E-state index contributed by atoms with van der Waals surface area (Å²) in [6, 6.07) is 0.0725. The summed E-state index contributed by atoms with van der Waals surface area (Å²) in [4.78, 5) is 24.3. The van der Waals surface area contributed by atoms with Crippen LogP contribution >= 0.6 is 0 Å². The zero-order valence-corrected chi connectivity index (χ0v) is 10.5. The van der Waals surface area contributed by atoms with Gasteiger partial charge in [-0.25, -0.2) is 0 Å². The third kappa shape index (κ3) is 2.97. The predicted molar refractivity (Wildman–Crippen MR) is 61.0 cm³/mol. The van der Waals surface area contributed by atoms with E-state index >= 15 is 0 Å². The lowest BCUT2D eigenvalue weighted by Crippen LogP contribution is -2.40. The Hall–Kier alpha value is -1.06. The van der Waals surface area contributed by atoms with E-state index in [-0.39, 0.29) is 29.7 Å². The SMILES string of the molecule is CC(C)N(CCC(=O)O)C(=O)C1CC1(C)C. The fraction of sp³-hybridized carbons (Fsp3) is 0.833. The summed E-state index contributed by atoms with van der Waals surface area (Å²) in [6.07, 6.45) is 0.944. The Labute approximate surface area is 96.6 Å². The summed E-state index contributed by atoms with van der Waals surface area (Å²) in [6.45, 7) is 8.32. The van der Waals surface area contributed by atoms with E-state index < -0.39 is 5.97 Å². The molecule has 92 valence electrons. The summed E-state index contributed by atoms with van der Waals surface area (Å²) in [5.41, 5.74) is 0.105. The standard InChI is InChI=1S/C12H21NO3/c1-8(2)13(6-5-10(14)15)11(16)9-7-12(9,3)4/h8-9H,5-7H2,1-4H3,(H,14,15). The maximum Gasteiger partial charge on any atom is 0.305 e. The van der Waals surface area contributed by atoms with Crippen molar-refractivity contribution in [1.29, 1.82) is 0 Å². The summed E-state index contributed by atoms with van der Waals surface area (Å²) in [5, 5.41) is 8.64. The van der Waals surface area contributed by atoms with Crippen LogP contribution in [0, 0.1) is 11.3 Å². The quantitative estimate of drug-likeness (QED) is 0.778. The van der Waals surface area contributed by atoms with Crippen molar-refractivity contribution < 1.29 is 14.7 Å². The van der Waals surface area contributed by atoms with Crippen LogP contribution in [0.4, 0.5) is 0 Å². The van der Waals surface area contributed by atoms with Crippen LogP contribution in [0.25, 0.3) is 0 Å². The minimum atomic E-state index is -0.853. The Kier molecular flexibility index (Phi) is 3.61. The highest BCUT2D eigenvalue weighted by Gasteiger charge is 2.52. The third-order valence-electron chi connectivity index (χ3n) is 3.28. The molecule has 0 spiro atoms. The fourth-order valence-electron chi connectivity index (χ4n) is 1.93. The molecule has 1 amide bonds. The molecular weight excluding hydrogens is 206 g/mol. The summed E-state index contributed by atoms with van der Waals surface area (Å²) < 4.78 is 0. The van der Waals surface area contributed by atoms with Gasteiger partial charge in [0.05, 0.1) is 6.42 Å². The topological polar surface area (TPSA) is 57.6 Å². The molecule has 1 aliphatic rings. The lowest BCUT2D eigenvalue weighted by atomic mass is 10.1. The van der Waals surface area contributed by atoms with Gasteiger partial charge in [0.25, 0.3) is 0 Å². The summed E-state index contributed by atoms with van der Waals surface area (Å²) in [7, 11) is 0. The van der Waals surface area contributed by atoms with Gasteiger partial charge >= 0.3 is 5.97 Å². The molecule has 0 heterocycles. The van der Waals surface area contributed by atoms with Gasteiger partial charge in [-0.05, 0) is 25.7 Å².